The van der Waals surface area contributed by atoms with Gasteiger partial charge in [0.25, 0.3) is 0 Å². The van der Waals surface area contributed by atoms with E-state index in [0.29, 0.717) is 0 Å². The number of nitrogens with two attached hydrogens (primary N) is 1. The summed E-state index contributed by atoms with van der Waals surface area (Å²) in [5, 5.41) is 5.60. The Labute approximate surface area is 60.4 Å². The standard InChI is InChI=1S/C5H6F3N3/c6-5(7,8)4(9)3-1-10-11-2-3/h1-2,4H,9H2,(H,10,11)/t4-/m1/s1. The molecule has 0 saturated carbocycles. The maximum Gasteiger partial charge on any atom is 0.407 e. The fourth-order valence-corrected chi connectivity index (χ4v) is 0.620. The molecule has 1 aromatic heterocycles. The van der Waals surface area contributed by atoms with Crippen molar-refractivity contribution in [2.24, 2.45) is 5.73 Å². The molecule has 0 saturated heterocycles. The second kappa shape index (κ2) is 2.54. The average Bonchev–Trinajstić information content (AvgIpc) is 2.34. The van der Waals surface area contributed by atoms with Gasteiger partial charge in [-0.1, -0.05) is 0 Å². The quantitative estimate of drug-likeness (QED) is 0.651. The van der Waals surface area contributed by atoms with Crippen molar-refractivity contribution in [2.45, 2.75) is 12.2 Å². The van der Waals surface area contributed by atoms with E-state index in [2.05, 4.69) is 10.2 Å². The summed E-state index contributed by atoms with van der Waals surface area (Å²) in [7, 11) is 0. The molecule has 6 heteroatoms. The van der Waals surface area contributed by atoms with Gasteiger partial charge >= 0.3 is 6.18 Å². The number of alkyl halides is 3. The molecule has 1 atom stereocenters. The molecule has 0 amide bonds. The Balaban J connectivity index is 2.78. The van der Waals surface area contributed by atoms with Gasteiger partial charge in [0.05, 0.1) is 6.20 Å². The monoisotopic (exact) mass is 165 g/mol. The predicted molar refractivity (Wildman–Crippen MR) is 31.6 cm³/mol. The number of halogens is 3. The van der Waals surface area contributed by atoms with Crippen LogP contribution in [0.2, 0.25) is 0 Å². The van der Waals surface area contributed by atoms with Crippen molar-refractivity contribution in [1.29, 1.82) is 0 Å². The third-order valence-corrected chi connectivity index (χ3v) is 1.23. The summed E-state index contributed by atoms with van der Waals surface area (Å²) in [5.74, 6) is 0. The van der Waals surface area contributed by atoms with E-state index in [1.165, 1.54) is 0 Å². The molecule has 0 aromatic carbocycles. The fourth-order valence-electron chi connectivity index (χ4n) is 0.620. The fraction of sp³-hybridized carbons (Fsp3) is 0.400. The van der Waals surface area contributed by atoms with Crippen LogP contribution < -0.4 is 5.73 Å². The molecule has 11 heavy (non-hydrogen) atoms. The first kappa shape index (κ1) is 8.06. The highest BCUT2D eigenvalue weighted by molar-refractivity contribution is 5.10. The molecular weight excluding hydrogens is 159 g/mol. The molecule has 0 unspecified atom stereocenters. The number of rotatable bonds is 1. The van der Waals surface area contributed by atoms with Gasteiger partial charge in [0.15, 0.2) is 0 Å². The van der Waals surface area contributed by atoms with Crippen molar-refractivity contribution in [1.82, 2.24) is 10.2 Å². The van der Waals surface area contributed by atoms with E-state index in [0.717, 1.165) is 12.4 Å². The minimum absolute atomic E-state index is 0.0579. The summed E-state index contributed by atoms with van der Waals surface area (Å²) in [5.41, 5.74) is 4.77. The lowest BCUT2D eigenvalue weighted by atomic mass is 10.2. The Kier molecular flexibility index (Phi) is 1.86. The highest BCUT2D eigenvalue weighted by Crippen LogP contribution is 2.29. The summed E-state index contributed by atoms with van der Waals surface area (Å²) < 4.78 is 35.5. The molecule has 1 rings (SSSR count). The number of aromatic nitrogens is 2. The molecule has 0 aliphatic rings. The van der Waals surface area contributed by atoms with E-state index in [1.54, 1.807) is 0 Å². The average molecular weight is 165 g/mol. The predicted octanol–water partition coefficient (Wildman–Crippen LogP) is 0.972. The summed E-state index contributed by atoms with van der Waals surface area (Å²) in [6, 6.07) is -1.94. The van der Waals surface area contributed by atoms with Crippen LogP contribution in [0.1, 0.15) is 11.6 Å². The summed E-state index contributed by atoms with van der Waals surface area (Å²) >= 11 is 0. The van der Waals surface area contributed by atoms with Crippen LogP contribution in [0.5, 0.6) is 0 Å². The van der Waals surface area contributed by atoms with E-state index in [9.17, 15) is 13.2 Å². The lowest BCUT2D eigenvalue weighted by molar-refractivity contribution is -0.149. The topological polar surface area (TPSA) is 54.7 Å². The number of nitrogens with zero attached hydrogens (tertiary/aromatic N) is 1. The number of hydrogen-bond donors (Lipinski definition) is 2. The van der Waals surface area contributed by atoms with Gasteiger partial charge in [-0.05, 0) is 0 Å². The van der Waals surface area contributed by atoms with Crippen molar-refractivity contribution in [3.05, 3.63) is 18.0 Å². The molecule has 0 spiro atoms. The van der Waals surface area contributed by atoms with Gasteiger partial charge in [-0.3, -0.25) is 5.10 Å². The van der Waals surface area contributed by atoms with Crippen molar-refractivity contribution >= 4 is 0 Å². The van der Waals surface area contributed by atoms with Crippen LogP contribution in [0.3, 0.4) is 0 Å². The molecule has 0 bridgehead atoms. The Morgan fingerprint density at radius 1 is 1.55 bits per heavy atom. The van der Waals surface area contributed by atoms with Crippen LogP contribution >= 0.6 is 0 Å². The third kappa shape index (κ3) is 1.70. The molecule has 3 nitrogen and oxygen atoms in total. The van der Waals surface area contributed by atoms with Gasteiger partial charge in [0.2, 0.25) is 0 Å². The Morgan fingerprint density at radius 3 is 2.55 bits per heavy atom. The van der Waals surface area contributed by atoms with E-state index >= 15 is 0 Å². The van der Waals surface area contributed by atoms with E-state index in [4.69, 9.17) is 5.73 Å². The number of nitrogens with one attached hydrogen (secondary N) is 1. The third-order valence-electron chi connectivity index (χ3n) is 1.23. The highest BCUT2D eigenvalue weighted by Gasteiger charge is 2.38. The molecule has 0 radical (unpaired) electrons. The van der Waals surface area contributed by atoms with Gasteiger partial charge in [-0.15, -0.1) is 0 Å². The minimum Gasteiger partial charge on any atom is -0.316 e. The first-order valence-electron chi connectivity index (χ1n) is 2.83. The zero-order chi connectivity index (χ0) is 8.48. The van der Waals surface area contributed by atoms with Gasteiger partial charge in [-0.2, -0.15) is 18.3 Å². The van der Waals surface area contributed by atoms with E-state index in [-0.39, 0.29) is 5.56 Å². The normalized spacial score (nSPS) is 14.9. The summed E-state index contributed by atoms with van der Waals surface area (Å²) in [6.07, 6.45) is -2.22. The van der Waals surface area contributed by atoms with Crippen LogP contribution in [0, 0.1) is 0 Å². The van der Waals surface area contributed by atoms with E-state index in [1.807, 2.05) is 0 Å². The van der Waals surface area contributed by atoms with Gasteiger partial charge in [-0.25, -0.2) is 0 Å². The molecule has 1 aromatic rings. The second-order valence-corrected chi connectivity index (χ2v) is 2.05. The Morgan fingerprint density at radius 2 is 2.18 bits per heavy atom. The molecule has 3 N–H and O–H groups in total. The number of hydrogen-bond acceptors (Lipinski definition) is 2. The Hall–Kier alpha value is -1.04. The van der Waals surface area contributed by atoms with Crippen molar-refractivity contribution in [3.8, 4) is 0 Å². The second-order valence-electron chi connectivity index (χ2n) is 2.05. The lowest BCUT2D eigenvalue weighted by Crippen LogP contribution is -2.27. The molecule has 62 valence electrons. The highest BCUT2D eigenvalue weighted by atomic mass is 19.4. The summed E-state index contributed by atoms with van der Waals surface area (Å²) in [4.78, 5) is 0. The van der Waals surface area contributed by atoms with Crippen LogP contribution in [0.15, 0.2) is 12.4 Å². The van der Waals surface area contributed by atoms with Crippen LogP contribution in [0.4, 0.5) is 13.2 Å². The van der Waals surface area contributed by atoms with Gasteiger partial charge in [0, 0.05) is 11.8 Å². The van der Waals surface area contributed by atoms with Crippen molar-refractivity contribution in [3.63, 3.8) is 0 Å². The molecule has 0 aliphatic heterocycles. The first-order valence-corrected chi connectivity index (χ1v) is 2.83. The zero-order valence-corrected chi connectivity index (χ0v) is 5.39. The van der Waals surface area contributed by atoms with Crippen LogP contribution in [-0.2, 0) is 0 Å². The zero-order valence-electron chi connectivity index (χ0n) is 5.39. The van der Waals surface area contributed by atoms with Crippen LogP contribution in [-0.4, -0.2) is 16.4 Å². The largest absolute Gasteiger partial charge is 0.407 e. The molecule has 0 fully saturated rings. The maximum absolute atomic E-state index is 11.8. The first-order chi connectivity index (χ1) is 5.02. The van der Waals surface area contributed by atoms with Crippen LogP contribution in [0.25, 0.3) is 0 Å². The van der Waals surface area contributed by atoms with Crippen molar-refractivity contribution < 1.29 is 13.2 Å². The van der Waals surface area contributed by atoms with Crippen molar-refractivity contribution in [2.75, 3.05) is 0 Å². The Bertz CT molecular complexity index is 215. The number of H-pyrrole nitrogens is 1. The SMILES string of the molecule is N[C@H](c1cn[nH]c1)C(F)(F)F. The number of aromatic amines is 1. The molecule has 0 aliphatic carbocycles. The molecular formula is C5H6F3N3. The molecule has 1 heterocycles. The smallest absolute Gasteiger partial charge is 0.316 e. The van der Waals surface area contributed by atoms with Gasteiger partial charge in [0.1, 0.15) is 6.04 Å². The summed E-state index contributed by atoms with van der Waals surface area (Å²) in [6.45, 7) is 0. The lowest BCUT2D eigenvalue weighted by Gasteiger charge is -2.12. The van der Waals surface area contributed by atoms with E-state index < -0.39 is 12.2 Å². The van der Waals surface area contributed by atoms with Gasteiger partial charge < -0.3 is 5.73 Å². The minimum atomic E-state index is -4.40. The maximum atomic E-state index is 11.8.